The van der Waals surface area contributed by atoms with Crippen molar-refractivity contribution in [1.82, 2.24) is 4.72 Å². The molecule has 0 aliphatic heterocycles. The predicted octanol–water partition coefficient (Wildman–Crippen LogP) is 1.36. The highest BCUT2D eigenvalue weighted by Gasteiger charge is 2.52. The molecule has 2 fully saturated rings. The zero-order chi connectivity index (χ0) is 23.1. The van der Waals surface area contributed by atoms with Crippen molar-refractivity contribution in [1.29, 1.82) is 0 Å². The van der Waals surface area contributed by atoms with Crippen LogP contribution in [-0.4, -0.2) is 33.5 Å². The average Bonchev–Trinajstić information content (AvgIpc) is 3.64. The van der Waals surface area contributed by atoms with Crippen LogP contribution >= 0.6 is 0 Å². The van der Waals surface area contributed by atoms with Crippen LogP contribution in [0.5, 0.6) is 0 Å². The minimum Gasteiger partial charge on any atom is -0.377 e. The van der Waals surface area contributed by atoms with Crippen LogP contribution in [0.25, 0.3) is 0 Å². The number of nitrogens with two attached hydrogens (primary N) is 1. The van der Waals surface area contributed by atoms with E-state index < -0.39 is 41.3 Å². The van der Waals surface area contributed by atoms with Crippen LogP contribution in [0.4, 0.5) is 0 Å². The van der Waals surface area contributed by atoms with Gasteiger partial charge in [0, 0.05) is 11.1 Å². The van der Waals surface area contributed by atoms with E-state index in [1.807, 2.05) is 4.72 Å². The molecule has 4 rings (SSSR count). The molecule has 32 heavy (non-hydrogen) atoms. The normalized spacial score (nSPS) is 16.7. The maximum absolute atomic E-state index is 12.6. The summed E-state index contributed by atoms with van der Waals surface area (Å²) >= 11 is 0. The number of carbonyl (C=O) groups excluding carboxylic acids is 1. The molecule has 0 spiro atoms. The fraction of sp³-hybridized carbons (Fsp3) is 0.318. The quantitative estimate of drug-likeness (QED) is 0.539. The molecule has 0 bridgehead atoms. The van der Waals surface area contributed by atoms with Crippen LogP contribution in [0, 0.1) is 23.7 Å². The molecular formula is C22H22N2O6S2. The molecule has 0 saturated heterocycles. The van der Waals surface area contributed by atoms with Crippen LogP contribution in [-0.2, 0) is 20.0 Å². The van der Waals surface area contributed by atoms with Crippen LogP contribution in [0.3, 0.4) is 0 Å². The fourth-order valence-corrected chi connectivity index (χ4v) is 5.96. The van der Waals surface area contributed by atoms with E-state index >= 15 is 0 Å². The highest BCUT2D eigenvalue weighted by atomic mass is 32.2. The molecule has 0 radical (unpaired) electrons. The van der Waals surface area contributed by atoms with Gasteiger partial charge in [0.25, 0.3) is 15.9 Å². The number of aliphatic hydroxyl groups is 1. The lowest BCUT2D eigenvalue weighted by Gasteiger charge is -2.21. The number of carbonyl (C=O) groups is 1. The summed E-state index contributed by atoms with van der Waals surface area (Å²) in [5, 5.41) is 15.9. The Bertz CT molecular complexity index is 1320. The summed E-state index contributed by atoms with van der Waals surface area (Å²) in [6.45, 7) is 0. The van der Waals surface area contributed by atoms with E-state index in [4.69, 9.17) is 5.14 Å². The molecule has 0 aromatic heterocycles. The summed E-state index contributed by atoms with van der Waals surface area (Å²) < 4.78 is 50.4. The first-order chi connectivity index (χ1) is 15.0. The monoisotopic (exact) mass is 474 g/mol. The summed E-state index contributed by atoms with van der Waals surface area (Å²) in [4.78, 5) is 11.3. The van der Waals surface area contributed by atoms with Crippen LogP contribution in [0.15, 0.2) is 58.3 Å². The van der Waals surface area contributed by atoms with Gasteiger partial charge in [-0.3, -0.25) is 4.79 Å². The van der Waals surface area contributed by atoms with E-state index in [9.17, 15) is 26.7 Å². The number of primary sulfonamides is 1. The van der Waals surface area contributed by atoms with E-state index in [0.717, 1.165) is 37.8 Å². The molecule has 168 valence electrons. The summed E-state index contributed by atoms with van der Waals surface area (Å²) in [7, 11) is -8.80. The Morgan fingerprint density at radius 1 is 0.938 bits per heavy atom. The molecule has 1 amide bonds. The van der Waals surface area contributed by atoms with E-state index in [0.29, 0.717) is 5.56 Å². The number of amides is 1. The molecule has 8 nitrogen and oxygen atoms in total. The largest absolute Gasteiger partial charge is 0.377 e. The minimum atomic E-state index is -4.49. The molecule has 0 atom stereocenters. The number of hydrogen-bond donors (Lipinski definition) is 3. The van der Waals surface area contributed by atoms with Crippen LogP contribution in [0.1, 0.15) is 41.6 Å². The maximum atomic E-state index is 12.6. The van der Waals surface area contributed by atoms with Crippen molar-refractivity contribution in [2.24, 2.45) is 17.0 Å². The van der Waals surface area contributed by atoms with Gasteiger partial charge in [0.2, 0.25) is 10.0 Å². The molecule has 0 unspecified atom stereocenters. The second-order valence-electron chi connectivity index (χ2n) is 8.13. The third kappa shape index (κ3) is 4.71. The van der Waals surface area contributed by atoms with Gasteiger partial charge in [-0.25, -0.2) is 26.7 Å². The van der Waals surface area contributed by atoms with Gasteiger partial charge >= 0.3 is 0 Å². The lowest BCUT2D eigenvalue weighted by Crippen LogP contribution is -2.32. The van der Waals surface area contributed by atoms with E-state index in [1.54, 1.807) is 12.1 Å². The Morgan fingerprint density at radius 3 is 1.97 bits per heavy atom. The summed E-state index contributed by atoms with van der Waals surface area (Å²) in [5.74, 6) is 5.48. The fourth-order valence-electron chi connectivity index (χ4n) is 3.60. The van der Waals surface area contributed by atoms with Gasteiger partial charge in [0.15, 0.2) is 0 Å². The molecule has 2 aliphatic rings. The van der Waals surface area contributed by atoms with Gasteiger partial charge in [0.05, 0.1) is 0 Å². The topological polar surface area (TPSA) is 144 Å². The Balaban J connectivity index is 1.51. The Kier molecular flexibility index (Phi) is 5.63. The SMILES string of the molecule is NS(=O)(=O)c1ccccc1S(=O)(=O)NC(=O)c1ccc(C#CC(O)(C2CC2)C2CC2)cc1. The number of sulfonamides is 2. The van der Waals surface area contributed by atoms with Crippen molar-refractivity contribution in [3.8, 4) is 11.8 Å². The molecule has 2 aliphatic carbocycles. The number of nitrogens with one attached hydrogen (secondary N) is 1. The van der Waals surface area contributed by atoms with Crippen molar-refractivity contribution in [3.63, 3.8) is 0 Å². The second-order valence-corrected chi connectivity index (χ2v) is 11.3. The molecular weight excluding hydrogens is 452 g/mol. The number of benzene rings is 2. The summed E-state index contributed by atoms with van der Waals surface area (Å²) in [5.41, 5.74) is -0.323. The van der Waals surface area contributed by atoms with Gasteiger partial charge in [-0.1, -0.05) is 24.0 Å². The van der Waals surface area contributed by atoms with Gasteiger partial charge in [0.1, 0.15) is 15.4 Å². The first-order valence-corrected chi connectivity index (χ1v) is 13.1. The van der Waals surface area contributed by atoms with Gasteiger partial charge in [-0.2, -0.15) is 0 Å². The third-order valence-electron chi connectivity index (χ3n) is 5.63. The number of rotatable bonds is 6. The molecule has 10 heteroatoms. The Morgan fingerprint density at radius 2 is 1.47 bits per heavy atom. The van der Waals surface area contributed by atoms with Crippen molar-refractivity contribution in [2.45, 2.75) is 41.1 Å². The molecule has 2 saturated carbocycles. The molecule has 2 aromatic carbocycles. The minimum absolute atomic E-state index is 0.0480. The van der Waals surface area contributed by atoms with E-state index in [1.165, 1.54) is 24.3 Å². The maximum Gasteiger partial charge on any atom is 0.265 e. The Hall–Kier alpha value is -2.71. The van der Waals surface area contributed by atoms with E-state index in [2.05, 4.69) is 11.8 Å². The molecule has 0 heterocycles. The first kappa shape index (κ1) is 22.5. The summed E-state index contributed by atoms with van der Waals surface area (Å²) in [6, 6.07) is 10.7. The zero-order valence-electron chi connectivity index (χ0n) is 17.0. The van der Waals surface area contributed by atoms with Crippen molar-refractivity contribution >= 4 is 26.0 Å². The third-order valence-corrected chi connectivity index (χ3v) is 8.11. The van der Waals surface area contributed by atoms with Gasteiger partial charge in [-0.15, -0.1) is 0 Å². The number of hydrogen-bond acceptors (Lipinski definition) is 6. The standard InChI is InChI=1S/C22H22N2O6S2/c23-31(27,28)19-3-1-2-4-20(19)32(29,30)24-21(25)16-7-5-15(6-8-16)13-14-22(26,17-9-10-17)18-11-12-18/h1-8,17-18,26H,9-12H2,(H,24,25)(H2,23,27,28). The van der Waals surface area contributed by atoms with Crippen molar-refractivity contribution in [3.05, 3.63) is 59.7 Å². The predicted molar refractivity (Wildman–Crippen MR) is 116 cm³/mol. The molecule has 4 N–H and O–H groups in total. The van der Waals surface area contributed by atoms with Crippen LogP contribution in [0.2, 0.25) is 0 Å². The van der Waals surface area contributed by atoms with Gasteiger partial charge < -0.3 is 5.11 Å². The van der Waals surface area contributed by atoms with Crippen molar-refractivity contribution < 1.29 is 26.7 Å². The van der Waals surface area contributed by atoms with Crippen LogP contribution < -0.4 is 9.86 Å². The highest BCUT2D eigenvalue weighted by molar-refractivity contribution is 7.92. The lowest BCUT2D eigenvalue weighted by molar-refractivity contribution is 0.0547. The Labute approximate surface area is 186 Å². The lowest BCUT2D eigenvalue weighted by atomic mass is 9.92. The highest BCUT2D eigenvalue weighted by Crippen LogP contribution is 2.51. The average molecular weight is 475 g/mol. The van der Waals surface area contributed by atoms with Crippen molar-refractivity contribution in [2.75, 3.05) is 0 Å². The van der Waals surface area contributed by atoms with Gasteiger partial charge in [-0.05, 0) is 73.9 Å². The van der Waals surface area contributed by atoms with E-state index in [-0.39, 0.29) is 17.4 Å². The molecule has 2 aromatic rings. The second kappa shape index (κ2) is 8.01. The summed E-state index contributed by atoms with van der Waals surface area (Å²) in [6.07, 6.45) is 3.90. The first-order valence-electron chi connectivity index (χ1n) is 10.1. The smallest absolute Gasteiger partial charge is 0.265 e. The zero-order valence-corrected chi connectivity index (χ0v) is 18.6.